The Bertz CT molecular complexity index is 183. The number of anilines is 1. The normalized spacial score (nSPS) is 10.0. The van der Waals surface area contributed by atoms with Crippen LogP contribution in [0.25, 0.3) is 0 Å². The van der Waals surface area contributed by atoms with Crippen LogP contribution in [0.1, 0.15) is 5.69 Å². The number of nitrogens with zero attached hydrogens (tertiary/aromatic N) is 2. The Hall–Kier alpha value is -1.03. The zero-order chi connectivity index (χ0) is 6.85. The largest absolute Gasteiger partial charge is 0.396 e. The van der Waals surface area contributed by atoms with Crippen LogP contribution in [0.3, 0.4) is 0 Å². The van der Waals surface area contributed by atoms with Gasteiger partial charge in [0.15, 0.2) is 0 Å². The highest BCUT2D eigenvalue weighted by Gasteiger charge is 1.99. The second kappa shape index (κ2) is 2.06. The van der Waals surface area contributed by atoms with E-state index in [1.165, 1.54) is 0 Å². The van der Waals surface area contributed by atoms with Crippen molar-refractivity contribution in [2.24, 2.45) is 12.8 Å². The first-order chi connectivity index (χ1) is 4.25. The zero-order valence-electron chi connectivity index (χ0n) is 5.33. The van der Waals surface area contributed by atoms with Crippen LogP contribution >= 0.6 is 0 Å². The minimum Gasteiger partial charge on any atom is -0.396 e. The van der Waals surface area contributed by atoms with Gasteiger partial charge in [0.05, 0.1) is 17.6 Å². The van der Waals surface area contributed by atoms with Gasteiger partial charge in [-0.1, -0.05) is 0 Å². The van der Waals surface area contributed by atoms with Gasteiger partial charge in [-0.05, 0) is 0 Å². The molecule has 0 atom stereocenters. The van der Waals surface area contributed by atoms with Crippen LogP contribution in [0.5, 0.6) is 0 Å². The van der Waals surface area contributed by atoms with Gasteiger partial charge in [0, 0.05) is 13.6 Å². The van der Waals surface area contributed by atoms with Crippen molar-refractivity contribution in [2.75, 3.05) is 5.73 Å². The highest BCUT2D eigenvalue weighted by atomic mass is 15.3. The fraction of sp³-hybridized carbons (Fsp3) is 0.400. The van der Waals surface area contributed by atoms with Gasteiger partial charge in [-0.2, -0.15) is 5.10 Å². The first-order valence-corrected chi connectivity index (χ1v) is 2.72. The Morgan fingerprint density at radius 3 is 2.67 bits per heavy atom. The van der Waals surface area contributed by atoms with Gasteiger partial charge < -0.3 is 11.5 Å². The summed E-state index contributed by atoms with van der Waals surface area (Å²) in [6, 6.07) is 0. The van der Waals surface area contributed by atoms with Crippen molar-refractivity contribution in [3.63, 3.8) is 0 Å². The molecule has 1 aromatic rings. The van der Waals surface area contributed by atoms with E-state index in [0.29, 0.717) is 12.2 Å². The molecule has 4 N–H and O–H groups in total. The van der Waals surface area contributed by atoms with Gasteiger partial charge in [0.1, 0.15) is 0 Å². The van der Waals surface area contributed by atoms with E-state index < -0.39 is 0 Å². The minimum atomic E-state index is 0.447. The maximum atomic E-state index is 5.49. The van der Waals surface area contributed by atoms with E-state index in [-0.39, 0.29) is 0 Å². The van der Waals surface area contributed by atoms with Crippen molar-refractivity contribution in [3.8, 4) is 0 Å². The highest BCUT2D eigenvalue weighted by molar-refractivity contribution is 5.40. The van der Waals surface area contributed by atoms with Crippen LogP contribution in [-0.4, -0.2) is 9.78 Å². The van der Waals surface area contributed by atoms with Crippen molar-refractivity contribution in [3.05, 3.63) is 11.9 Å². The molecule has 0 saturated carbocycles. The van der Waals surface area contributed by atoms with E-state index in [1.54, 1.807) is 10.9 Å². The van der Waals surface area contributed by atoms with Crippen molar-refractivity contribution in [1.82, 2.24) is 9.78 Å². The van der Waals surface area contributed by atoms with Crippen LogP contribution in [0.2, 0.25) is 0 Å². The molecule has 4 nitrogen and oxygen atoms in total. The summed E-state index contributed by atoms with van der Waals surface area (Å²) in [5.74, 6) is 0. The van der Waals surface area contributed by atoms with Crippen LogP contribution in [0, 0.1) is 0 Å². The van der Waals surface area contributed by atoms with Gasteiger partial charge in [-0.25, -0.2) is 0 Å². The average molecular weight is 126 g/mol. The summed E-state index contributed by atoms with van der Waals surface area (Å²) in [5, 5.41) is 3.90. The maximum Gasteiger partial charge on any atom is 0.0746 e. The SMILES string of the molecule is Cn1ncc(N)c1CN. The lowest BCUT2D eigenvalue weighted by Gasteiger charge is -1.96. The van der Waals surface area contributed by atoms with Crippen molar-refractivity contribution >= 4 is 5.69 Å². The molecule has 9 heavy (non-hydrogen) atoms. The summed E-state index contributed by atoms with van der Waals surface area (Å²) in [7, 11) is 1.82. The van der Waals surface area contributed by atoms with Gasteiger partial charge >= 0.3 is 0 Å². The molecule has 1 rings (SSSR count). The molecule has 0 fully saturated rings. The van der Waals surface area contributed by atoms with Crippen LogP contribution in [0.15, 0.2) is 6.20 Å². The quantitative estimate of drug-likeness (QED) is 0.531. The van der Waals surface area contributed by atoms with E-state index >= 15 is 0 Å². The van der Waals surface area contributed by atoms with Crippen molar-refractivity contribution in [2.45, 2.75) is 6.54 Å². The first-order valence-electron chi connectivity index (χ1n) is 2.72. The van der Waals surface area contributed by atoms with E-state index in [0.717, 1.165) is 5.69 Å². The summed E-state index contributed by atoms with van der Waals surface area (Å²) >= 11 is 0. The molecule has 0 unspecified atom stereocenters. The molecule has 1 aromatic heterocycles. The molecule has 0 amide bonds. The highest BCUT2D eigenvalue weighted by Crippen LogP contribution is 2.06. The summed E-state index contributed by atoms with van der Waals surface area (Å²) < 4.78 is 1.68. The molecule has 0 aliphatic carbocycles. The molecule has 0 bridgehead atoms. The lowest BCUT2D eigenvalue weighted by Crippen LogP contribution is -2.06. The van der Waals surface area contributed by atoms with Crippen molar-refractivity contribution in [1.29, 1.82) is 0 Å². The number of nitrogen functional groups attached to an aromatic ring is 1. The third-order valence-electron chi connectivity index (χ3n) is 1.29. The van der Waals surface area contributed by atoms with Gasteiger partial charge in [0.2, 0.25) is 0 Å². The molecule has 0 saturated heterocycles. The second-order valence-electron chi connectivity index (χ2n) is 1.87. The summed E-state index contributed by atoms with van der Waals surface area (Å²) in [6.45, 7) is 0.447. The lowest BCUT2D eigenvalue weighted by atomic mass is 10.4. The maximum absolute atomic E-state index is 5.49. The molecule has 0 aromatic carbocycles. The topological polar surface area (TPSA) is 69.9 Å². The molecular weight excluding hydrogens is 116 g/mol. The standard InChI is InChI=1S/C5H10N4/c1-9-5(2-6)4(7)3-8-9/h3H,2,6-7H2,1H3. The number of aromatic nitrogens is 2. The Kier molecular flexibility index (Phi) is 1.40. The molecule has 0 aliphatic heterocycles. The number of aryl methyl sites for hydroxylation is 1. The summed E-state index contributed by atoms with van der Waals surface area (Å²) in [5.41, 5.74) is 12.4. The van der Waals surface area contributed by atoms with E-state index in [2.05, 4.69) is 5.10 Å². The minimum absolute atomic E-state index is 0.447. The van der Waals surface area contributed by atoms with Gasteiger partial charge in [0.25, 0.3) is 0 Å². The average Bonchev–Trinajstić information content (AvgIpc) is 2.12. The molecule has 0 aliphatic rings. The van der Waals surface area contributed by atoms with E-state index in [1.807, 2.05) is 7.05 Å². The van der Waals surface area contributed by atoms with E-state index in [9.17, 15) is 0 Å². The molecule has 0 spiro atoms. The van der Waals surface area contributed by atoms with Crippen molar-refractivity contribution < 1.29 is 0 Å². The molecular formula is C5H10N4. The summed E-state index contributed by atoms with van der Waals surface area (Å²) in [6.07, 6.45) is 1.60. The van der Waals surface area contributed by atoms with Crippen LogP contribution in [-0.2, 0) is 13.6 Å². The number of nitrogens with two attached hydrogens (primary N) is 2. The Labute approximate surface area is 53.4 Å². The third kappa shape index (κ3) is 0.882. The smallest absolute Gasteiger partial charge is 0.0746 e. The van der Waals surface area contributed by atoms with Crippen LogP contribution in [0.4, 0.5) is 5.69 Å². The van der Waals surface area contributed by atoms with Crippen LogP contribution < -0.4 is 11.5 Å². The molecule has 0 radical (unpaired) electrons. The molecule has 4 heteroatoms. The molecule has 50 valence electrons. The Morgan fingerprint density at radius 1 is 1.78 bits per heavy atom. The Balaban J connectivity index is 3.07. The predicted octanol–water partition coefficient (Wildman–Crippen LogP) is -0.539. The van der Waals surface area contributed by atoms with Gasteiger partial charge in [-0.3, -0.25) is 4.68 Å². The first kappa shape index (κ1) is 6.10. The lowest BCUT2D eigenvalue weighted by molar-refractivity contribution is 0.713. The fourth-order valence-corrected chi connectivity index (χ4v) is 0.730. The monoisotopic (exact) mass is 126 g/mol. The van der Waals surface area contributed by atoms with Gasteiger partial charge in [-0.15, -0.1) is 0 Å². The zero-order valence-corrected chi connectivity index (χ0v) is 5.33. The summed E-state index contributed by atoms with van der Waals surface area (Å²) in [4.78, 5) is 0. The Morgan fingerprint density at radius 2 is 2.44 bits per heavy atom. The molecule has 1 heterocycles. The second-order valence-corrected chi connectivity index (χ2v) is 1.87. The number of rotatable bonds is 1. The predicted molar refractivity (Wildman–Crippen MR) is 35.5 cm³/mol. The number of hydrogen-bond donors (Lipinski definition) is 2. The fourth-order valence-electron chi connectivity index (χ4n) is 0.730. The number of hydrogen-bond acceptors (Lipinski definition) is 3. The van der Waals surface area contributed by atoms with E-state index in [4.69, 9.17) is 11.5 Å². The third-order valence-corrected chi connectivity index (χ3v) is 1.29.